The number of rotatable bonds is 8. The second-order valence-electron chi connectivity index (χ2n) is 16.0. The van der Waals surface area contributed by atoms with Crippen molar-refractivity contribution >= 4 is 124 Å². The van der Waals surface area contributed by atoms with E-state index in [2.05, 4.69) is 105 Å². The van der Waals surface area contributed by atoms with E-state index in [1.807, 2.05) is 24.5 Å². The Balaban J connectivity index is 0.000000301. The predicted molar refractivity (Wildman–Crippen MR) is 285 cm³/mol. The monoisotopic (exact) mass is 1230 g/mol. The zero-order valence-corrected chi connectivity index (χ0v) is 44.9. The van der Waals surface area contributed by atoms with Gasteiger partial charge in [-0.15, -0.1) is 102 Å². The van der Waals surface area contributed by atoms with E-state index in [9.17, 15) is 0 Å². The second kappa shape index (κ2) is 25.5. The maximum Gasteiger partial charge on any atom is 0.121 e. The van der Waals surface area contributed by atoms with E-state index < -0.39 is 0 Å². The normalized spacial score (nSPS) is 22.2. The summed E-state index contributed by atoms with van der Waals surface area (Å²) >= 11 is 0. The molecule has 6 aromatic rings. The zero-order chi connectivity index (χ0) is 37.8. The summed E-state index contributed by atoms with van der Waals surface area (Å²) in [6.45, 7) is 1.58. The van der Waals surface area contributed by atoms with Gasteiger partial charge in [0.1, 0.15) is 11.6 Å². The van der Waals surface area contributed by atoms with Crippen LogP contribution in [-0.2, 0) is 25.9 Å². The highest BCUT2D eigenvalue weighted by atomic mass is 79.9. The summed E-state index contributed by atoms with van der Waals surface area (Å²) in [6.07, 6.45) is 24.0. The number of nitrogens with two attached hydrogens (primary N) is 2. The maximum atomic E-state index is 6.12. The predicted octanol–water partition coefficient (Wildman–Crippen LogP) is 11.2. The van der Waals surface area contributed by atoms with Crippen LogP contribution in [0.1, 0.15) is 97.6 Å². The van der Waals surface area contributed by atoms with Gasteiger partial charge in [0.05, 0.1) is 58.6 Å². The first-order chi connectivity index (χ1) is 27.6. The van der Waals surface area contributed by atoms with Crippen LogP contribution in [0.3, 0.4) is 0 Å². The zero-order valence-electron chi connectivity index (χ0n) is 34.6. The molecule has 10 nitrogen and oxygen atoms in total. The number of para-hydroxylation sites is 4. The third-order valence-electron chi connectivity index (χ3n) is 12.3. The smallest absolute Gasteiger partial charge is 0.121 e. The molecule has 2 aromatic carbocycles. The van der Waals surface area contributed by atoms with E-state index in [-0.39, 0.29) is 114 Å². The number of nitrogens with one attached hydrogen (secondary N) is 2. The summed E-state index contributed by atoms with van der Waals surface area (Å²) in [5.74, 6) is 2.04. The van der Waals surface area contributed by atoms with E-state index in [0.717, 1.165) is 98.2 Å². The highest BCUT2D eigenvalue weighted by molar-refractivity contribution is 8.93. The number of fused-ring (bicyclic) bond motifs is 4. The highest BCUT2D eigenvalue weighted by Crippen LogP contribution is 2.38. The summed E-state index contributed by atoms with van der Waals surface area (Å²) < 4.78 is 0. The summed E-state index contributed by atoms with van der Waals surface area (Å²) in [7, 11) is 0. The van der Waals surface area contributed by atoms with Crippen LogP contribution in [-0.4, -0.2) is 63.9 Å². The van der Waals surface area contributed by atoms with Crippen molar-refractivity contribution in [1.82, 2.24) is 39.7 Å². The topological polar surface area (TPSA) is 142 Å². The van der Waals surface area contributed by atoms with Gasteiger partial charge >= 0.3 is 0 Å². The minimum Gasteiger partial charge on any atom is -0.341 e. The van der Waals surface area contributed by atoms with Crippen molar-refractivity contribution in [2.75, 3.05) is 0 Å². The molecule has 0 spiro atoms. The molecule has 0 aliphatic heterocycles. The van der Waals surface area contributed by atoms with Crippen LogP contribution in [0.15, 0.2) is 109 Å². The van der Waals surface area contributed by atoms with Gasteiger partial charge in [-0.2, -0.15) is 0 Å². The lowest BCUT2D eigenvalue weighted by Crippen LogP contribution is -2.41. The number of nitrogens with zero attached hydrogens (tertiary/aromatic N) is 6. The SMILES string of the molecule is Br.Br.Br.Br.Br.Br.NC1C=CC(N(Cc2nc3ccccc3[nH]2)[C@@H]2CCCc3cccnc32)CC1.NC1C=CC(N(Cc2nc3ccccc3[nH]2)[C@H]2CCCc3cccnc32)CC1. The number of H-pyrrole nitrogens is 2. The van der Waals surface area contributed by atoms with Crippen LogP contribution < -0.4 is 11.5 Å². The van der Waals surface area contributed by atoms with Crippen LogP contribution in [0.4, 0.5) is 0 Å². The Bertz CT molecular complexity index is 2110. The van der Waals surface area contributed by atoms with E-state index in [0.29, 0.717) is 24.2 Å². The molecule has 0 saturated heterocycles. The highest BCUT2D eigenvalue weighted by Gasteiger charge is 2.34. The Morgan fingerprint density at radius 2 is 0.919 bits per heavy atom. The molecule has 0 radical (unpaired) electrons. The lowest BCUT2D eigenvalue weighted by atomic mass is 9.88. The summed E-state index contributed by atoms with van der Waals surface area (Å²) in [5.41, 5.74) is 21.8. The van der Waals surface area contributed by atoms with Gasteiger partial charge in [0, 0.05) is 36.6 Å². The van der Waals surface area contributed by atoms with Crippen molar-refractivity contribution in [2.45, 2.75) is 114 Å². The van der Waals surface area contributed by atoms with Crippen LogP contribution in [0.2, 0.25) is 0 Å². The minimum atomic E-state index is 0. The summed E-state index contributed by atoms with van der Waals surface area (Å²) in [6, 6.07) is 26.8. The molecule has 4 aliphatic rings. The first-order valence-electron chi connectivity index (χ1n) is 20.7. The van der Waals surface area contributed by atoms with Crippen LogP contribution in [0.25, 0.3) is 22.1 Å². The molecule has 0 bridgehead atoms. The fraction of sp³-hybridized carbons (Fsp3) is 0.391. The molecule has 336 valence electrons. The average Bonchev–Trinajstić information content (AvgIpc) is 3.86. The van der Waals surface area contributed by atoms with E-state index in [4.69, 9.17) is 31.4 Å². The van der Waals surface area contributed by atoms with Crippen molar-refractivity contribution in [3.8, 4) is 0 Å². The fourth-order valence-electron chi connectivity index (χ4n) is 9.45. The van der Waals surface area contributed by atoms with E-state index >= 15 is 0 Å². The van der Waals surface area contributed by atoms with Gasteiger partial charge in [-0.3, -0.25) is 19.8 Å². The first-order valence-corrected chi connectivity index (χ1v) is 20.7. The quantitative estimate of drug-likeness (QED) is 0.110. The van der Waals surface area contributed by atoms with Gasteiger partial charge in [-0.05, 0) is 112 Å². The van der Waals surface area contributed by atoms with Crippen LogP contribution in [0.5, 0.6) is 0 Å². The van der Waals surface area contributed by atoms with E-state index in [1.54, 1.807) is 0 Å². The summed E-state index contributed by atoms with van der Waals surface area (Å²) in [4.78, 5) is 31.5. The average molecular weight is 1230 g/mol. The lowest BCUT2D eigenvalue weighted by molar-refractivity contribution is 0.118. The molecule has 10 rings (SSSR count). The van der Waals surface area contributed by atoms with Gasteiger partial charge in [0.2, 0.25) is 0 Å². The number of pyridine rings is 2. The van der Waals surface area contributed by atoms with Crippen LogP contribution in [0, 0.1) is 0 Å². The third-order valence-corrected chi connectivity index (χ3v) is 12.3. The number of benzene rings is 2. The van der Waals surface area contributed by atoms with Crippen molar-refractivity contribution in [2.24, 2.45) is 11.5 Å². The fourth-order valence-corrected chi connectivity index (χ4v) is 9.45. The number of aromatic nitrogens is 6. The van der Waals surface area contributed by atoms with Gasteiger partial charge in [0.25, 0.3) is 0 Å². The van der Waals surface area contributed by atoms with Crippen molar-refractivity contribution in [3.63, 3.8) is 0 Å². The largest absolute Gasteiger partial charge is 0.341 e. The standard InChI is InChI=1S/2C23H27N5.6BrH/c2*24-17-10-12-18(13-11-17)28(15-22-26-19-7-1-2-8-20(19)27-22)21-9-3-5-16-6-4-14-25-23(16)21;;;;;;/h2*1-2,4,6-8,10,12,14,17-18,21H,3,5,9,11,13,15,24H2,(H,26,27);6*1H/t2*17?,18?,21-;;;;;;/m10....../s1. The second-order valence-corrected chi connectivity index (χ2v) is 16.0. The van der Waals surface area contributed by atoms with E-state index in [1.165, 1.54) is 35.4 Å². The van der Waals surface area contributed by atoms with Crippen molar-refractivity contribution in [1.29, 1.82) is 0 Å². The molecule has 6 atom stereocenters. The molecule has 0 saturated carbocycles. The Labute approximate surface area is 428 Å². The molecule has 16 heteroatoms. The molecular formula is C46H60Br6N10. The number of aromatic amines is 2. The molecule has 4 unspecified atom stereocenters. The van der Waals surface area contributed by atoms with Crippen molar-refractivity contribution < 1.29 is 0 Å². The molecule has 0 amide bonds. The van der Waals surface area contributed by atoms with Gasteiger partial charge in [-0.1, -0.05) is 60.7 Å². The Hall–Kier alpha value is -2.12. The minimum absolute atomic E-state index is 0. The van der Waals surface area contributed by atoms with Crippen LogP contribution >= 0.6 is 102 Å². The number of aryl methyl sites for hydroxylation is 2. The molecule has 6 N–H and O–H groups in total. The number of halogens is 6. The number of imidazole rings is 2. The van der Waals surface area contributed by atoms with Gasteiger partial charge in [-0.25, -0.2) is 9.97 Å². The third kappa shape index (κ3) is 12.6. The Kier molecular flexibility index (Phi) is 22.3. The Morgan fingerprint density at radius 3 is 1.31 bits per heavy atom. The molecule has 4 aliphatic carbocycles. The van der Waals surface area contributed by atoms with Gasteiger partial charge < -0.3 is 21.4 Å². The molecule has 0 fully saturated rings. The molecule has 62 heavy (non-hydrogen) atoms. The maximum absolute atomic E-state index is 6.12. The Morgan fingerprint density at radius 1 is 0.500 bits per heavy atom. The molecule has 4 heterocycles. The van der Waals surface area contributed by atoms with Gasteiger partial charge in [0.15, 0.2) is 0 Å². The molecule has 4 aromatic heterocycles. The molecular weight excluding hydrogens is 1170 g/mol. The first kappa shape index (κ1) is 54.2. The van der Waals surface area contributed by atoms with Crippen molar-refractivity contribution in [3.05, 3.63) is 144 Å². The lowest BCUT2D eigenvalue weighted by Gasteiger charge is -2.40. The number of hydrogen-bond donors (Lipinski definition) is 4. The summed E-state index contributed by atoms with van der Waals surface area (Å²) in [5, 5.41) is 0. The number of hydrogen-bond acceptors (Lipinski definition) is 8.